The van der Waals surface area contributed by atoms with E-state index in [0.29, 0.717) is 6.61 Å². The number of hydrogen-bond donors (Lipinski definition) is 0. The zero-order chi connectivity index (χ0) is 10.3. The van der Waals surface area contributed by atoms with Crippen LogP contribution in [0.5, 0.6) is 0 Å². The van der Waals surface area contributed by atoms with E-state index in [4.69, 9.17) is 4.74 Å². The van der Waals surface area contributed by atoms with Crippen LogP contribution in [0, 0.1) is 5.92 Å². The molecule has 0 radical (unpaired) electrons. The van der Waals surface area contributed by atoms with Gasteiger partial charge in [-0.3, -0.25) is 4.79 Å². The number of carbonyl (C=O) groups is 1. The SMILES string of the molecule is CCCOCC(C)C(=O)N(C)CC. The van der Waals surface area contributed by atoms with Gasteiger partial charge in [-0.25, -0.2) is 0 Å². The Bertz CT molecular complexity index is 148. The molecule has 3 nitrogen and oxygen atoms in total. The van der Waals surface area contributed by atoms with Crippen LogP contribution in [0.4, 0.5) is 0 Å². The molecule has 0 aliphatic rings. The molecule has 0 fully saturated rings. The first-order valence-electron chi connectivity index (χ1n) is 4.96. The second kappa shape index (κ2) is 6.89. The van der Waals surface area contributed by atoms with Gasteiger partial charge in [0, 0.05) is 20.2 Å². The Kier molecular flexibility index (Phi) is 6.59. The minimum atomic E-state index is -0.0171. The lowest BCUT2D eigenvalue weighted by molar-refractivity contribution is -0.135. The second-order valence-electron chi connectivity index (χ2n) is 3.33. The van der Waals surface area contributed by atoms with Crippen molar-refractivity contribution in [2.24, 2.45) is 5.92 Å². The Labute approximate surface area is 81.1 Å². The summed E-state index contributed by atoms with van der Waals surface area (Å²) in [6.45, 7) is 7.98. The number of ether oxygens (including phenoxy) is 1. The zero-order valence-corrected chi connectivity index (χ0v) is 9.17. The van der Waals surface area contributed by atoms with Crippen molar-refractivity contribution in [3.05, 3.63) is 0 Å². The Hall–Kier alpha value is -0.570. The molecule has 0 saturated carbocycles. The van der Waals surface area contributed by atoms with Crippen molar-refractivity contribution in [3.63, 3.8) is 0 Å². The van der Waals surface area contributed by atoms with Crippen molar-refractivity contribution in [1.82, 2.24) is 4.90 Å². The van der Waals surface area contributed by atoms with Gasteiger partial charge < -0.3 is 9.64 Å². The average molecular weight is 187 g/mol. The molecule has 13 heavy (non-hydrogen) atoms. The lowest BCUT2D eigenvalue weighted by Gasteiger charge is -2.19. The molecule has 0 bridgehead atoms. The second-order valence-corrected chi connectivity index (χ2v) is 3.33. The fraction of sp³-hybridized carbons (Fsp3) is 0.900. The highest BCUT2D eigenvalue weighted by Crippen LogP contribution is 2.01. The van der Waals surface area contributed by atoms with Gasteiger partial charge in [0.25, 0.3) is 0 Å². The van der Waals surface area contributed by atoms with Crippen molar-refractivity contribution < 1.29 is 9.53 Å². The van der Waals surface area contributed by atoms with Crippen molar-refractivity contribution >= 4 is 5.91 Å². The third-order valence-corrected chi connectivity index (χ3v) is 1.99. The normalized spacial score (nSPS) is 12.6. The van der Waals surface area contributed by atoms with Gasteiger partial charge in [-0.1, -0.05) is 13.8 Å². The number of amides is 1. The van der Waals surface area contributed by atoms with Crippen molar-refractivity contribution in [2.75, 3.05) is 26.8 Å². The molecule has 0 aromatic rings. The third-order valence-electron chi connectivity index (χ3n) is 1.99. The summed E-state index contributed by atoms with van der Waals surface area (Å²) in [5.41, 5.74) is 0. The minimum absolute atomic E-state index is 0.0171. The molecule has 78 valence electrons. The maximum atomic E-state index is 11.5. The zero-order valence-electron chi connectivity index (χ0n) is 9.17. The van der Waals surface area contributed by atoms with Crippen LogP contribution >= 0.6 is 0 Å². The molecule has 0 aromatic carbocycles. The van der Waals surface area contributed by atoms with Crippen LogP contribution in [-0.2, 0) is 9.53 Å². The van der Waals surface area contributed by atoms with E-state index < -0.39 is 0 Å². The van der Waals surface area contributed by atoms with Crippen LogP contribution in [0.2, 0.25) is 0 Å². The molecule has 1 unspecified atom stereocenters. The molecule has 3 heteroatoms. The fourth-order valence-electron chi connectivity index (χ4n) is 1.01. The smallest absolute Gasteiger partial charge is 0.227 e. The summed E-state index contributed by atoms with van der Waals surface area (Å²) in [5, 5.41) is 0. The number of carbonyl (C=O) groups excluding carboxylic acids is 1. The number of hydrogen-bond acceptors (Lipinski definition) is 2. The van der Waals surface area contributed by atoms with Gasteiger partial charge in [-0.2, -0.15) is 0 Å². The average Bonchev–Trinajstić information content (AvgIpc) is 2.15. The van der Waals surface area contributed by atoms with Crippen molar-refractivity contribution in [2.45, 2.75) is 27.2 Å². The highest BCUT2D eigenvalue weighted by Gasteiger charge is 2.15. The summed E-state index contributed by atoms with van der Waals surface area (Å²) in [4.78, 5) is 13.2. The monoisotopic (exact) mass is 187 g/mol. The quantitative estimate of drug-likeness (QED) is 0.590. The third kappa shape index (κ3) is 4.88. The van der Waals surface area contributed by atoms with Crippen molar-refractivity contribution in [3.8, 4) is 0 Å². The highest BCUT2D eigenvalue weighted by atomic mass is 16.5. The maximum Gasteiger partial charge on any atom is 0.227 e. The molecule has 1 amide bonds. The van der Waals surface area contributed by atoms with E-state index in [1.54, 1.807) is 4.90 Å². The summed E-state index contributed by atoms with van der Waals surface area (Å²) in [6, 6.07) is 0. The summed E-state index contributed by atoms with van der Waals surface area (Å²) in [7, 11) is 1.82. The van der Waals surface area contributed by atoms with Gasteiger partial charge in [-0.05, 0) is 13.3 Å². The molecular formula is C10H21NO2. The largest absolute Gasteiger partial charge is 0.381 e. The Balaban J connectivity index is 3.69. The van der Waals surface area contributed by atoms with Crippen LogP contribution in [0.15, 0.2) is 0 Å². The van der Waals surface area contributed by atoms with Crippen LogP contribution < -0.4 is 0 Å². The van der Waals surface area contributed by atoms with Crippen LogP contribution in [0.1, 0.15) is 27.2 Å². The lowest BCUT2D eigenvalue weighted by Crippen LogP contribution is -2.33. The molecule has 0 saturated heterocycles. The molecular weight excluding hydrogens is 166 g/mol. The molecule has 0 aliphatic heterocycles. The van der Waals surface area contributed by atoms with Gasteiger partial charge in [0.1, 0.15) is 0 Å². The predicted molar refractivity (Wildman–Crippen MR) is 53.6 cm³/mol. The van der Waals surface area contributed by atoms with Gasteiger partial charge in [0.15, 0.2) is 0 Å². The fourth-order valence-corrected chi connectivity index (χ4v) is 1.01. The van der Waals surface area contributed by atoms with E-state index in [1.807, 2.05) is 20.9 Å². The van der Waals surface area contributed by atoms with Crippen LogP contribution in [0.3, 0.4) is 0 Å². The molecule has 0 aliphatic carbocycles. The van der Waals surface area contributed by atoms with Crippen molar-refractivity contribution in [1.29, 1.82) is 0 Å². The summed E-state index contributed by atoms with van der Waals surface area (Å²) >= 11 is 0. The molecule has 0 aromatic heterocycles. The Morgan fingerprint density at radius 1 is 1.46 bits per heavy atom. The molecule has 0 N–H and O–H groups in total. The van der Waals surface area contributed by atoms with Crippen LogP contribution in [-0.4, -0.2) is 37.6 Å². The maximum absolute atomic E-state index is 11.5. The van der Waals surface area contributed by atoms with E-state index in [2.05, 4.69) is 6.92 Å². The summed E-state index contributed by atoms with van der Waals surface area (Å²) in [6.07, 6.45) is 1.00. The topological polar surface area (TPSA) is 29.5 Å². The summed E-state index contributed by atoms with van der Waals surface area (Å²) < 4.78 is 5.31. The van der Waals surface area contributed by atoms with Gasteiger partial charge in [0.2, 0.25) is 5.91 Å². The number of rotatable bonds is 6. The van der Waals surface area contributed by atoms with E-state index in [-0.39, 0.29) is 11.8 Å². The van der Waals surface area contributed by atoms with Gasteiger partial charge >= 0.3 is 0 Å². The first-order chi connectivity index (χ1) is 6.13. The van der Waals surface area contributed by atoms with E-state index in [0.717, 1.165) is 19.6 Å². The Morgan fingerprint density at radius 2 is 2.08 bits per heavy atom. The van der Waals surface area contributed by atoms with E-state index in [1.165, 1.54) is 0 Å². The standard InChI is InChI=1S/C10H21NO2/c1-5-7-13-8-9(3)10(12)11(4)6-2/h9H,5-8H2,1-4H3. The molecule has 0 spiro atoms. The van der Waals surface area contributed by atoms with Gasteiger partial charge in [0.05, 0.1) is 12.5 Å². The Morgan fingerprint density at radius 3 is 2.54 bits per heavy atom. The van der Waals surface area contributed by atoms with E-state index >= 15 is 0 Å². The van der Waals surface area contributed by atoms with Gasteiger partial charge in [-0.15, -0.1) is 0 Å². The lowest BCUT2D eigenvalue weighted by atomic mass is 10.2. The van der Waals surface area contributed by atoms with E-state index in [9.17, 15) is 4.79 Å². The highest BCUT2D eigenvalue weighted by molar-refractivity contribution is 5.78. The molecule has 0 rings (SSSR count). The van der Waals surface area contributed by atoms with Crippen LogP contribution in [0.25, 0.3) is 0 Å². The predicted octanol–water partition coefficient (Wildman–Crippen LogP) is 1.53. The first-order valence-corrected chi connectivity index (χ1v) is 4.96. The minimum Gasteiger partial charge on any atom is -0.381 e. The summed E-state index contributed by atoms with van der Waals surface area (Å²) in [5.74, 6) is 0.148. The molecule has 0 heterocycles. The first kappa shape index (κ1) is 12.4. The number of nitrogens with zero attached hydrogens (tertiary/aromatic N) is 1. The molecule has 1 atom stereocenters.